The topological polar surface area (TPSA) is 62.1 Å². The molecule has 0 radical (unpaired) electrons. The highest BCUT2D eigenvalue weighted by Gasteiger charge is 2.24. The van der Waals surface area contributed by atoms with Crippen molar-refractivity contribution < 1.29 is 9.53 Å². The summed E-state index contributed by atoms with van der Waals surface area (Å²) in [4.78, 5) is 12.4. The molecule has 0 aliphatic heterocycles. The maximum atomic E-state index is 12.4. The van der Waals surface area contributed by atoms with Gasteiger partial charge >= 0.3 is 0 Å². The quantitative estimate of drug-likeness (QED) is 0.429. The van der Waals surface area contributed by atoms with E-state index in [2.05, 4.69) is 34.7 Å². The van der Waals surface area contributed by atoms with Gasteiger partial charge in [0.05, 0.1) is 4.47 Å². The predicted molar refractivity (Wildman–Crippen MR) is 103 cm³/mol. The summed E-state index contributed by atoms with van der Waals surface area (Å²) >= 11 is 3.44. The zero-order valence-corrected chi connectivity index (χ0v) is 16.0. The minimum Gasteiger partial charge on any atom is -0.488 e. The number of carbonyl (C=O) groups is 1. The number of nitrogens with one attached hydrogen (secondary N) is 1. The molecule has 0 bridgehead atoms. The summed E-state index contributed by atoms with van der Waals surface area (Å²) in [5.74, 6) is 0.841. The molecular formula is C20H23BrN2O2. The summed E-state index contributed by atoms with van der Waals surface area (Å²) in [7, 11) is 0. The fourth-order valence-corrected chi connectivity index (χ4v) is 3.48. The van der Waals surface area contributed by atoms with Gasteiger partial charge in [-0.2, -0.15) is 5.26 Å². The molecule has 4 nitrogen and oxygen atoms in total. The second-order valence-electron chi connectivity index (χ2n) is 6.30. The van der Waals surface area contributed by atoms with Crippen molar-refractivity contribution in [3.8, 4) is 11.8 Å². The van der Waals surface area contributed by atoms with E-state index in [1.165, 1.54) is 6.42 Å². The minimum atomic E-state index is -0.302. The van der Waals surface area contributed by atoms with Gasteiger partial charge in [-0.3, -0.25) is 4.79 Å². The molecule has 0 unspecified atom stereocenters. The van der Waals surface area contributed by atoms with Crippen molar-refractivity contribution in [3.63, 3.8) is 0 Å². The van der Waals surface area contributed by atoms with Crippen LogP contribution in [0.15, 0.2) is 40.9 Å². The molecule has 1 aliphatic rings. The van der Waals surface area contributed by atoms with Crippen molar-refractivity contribution >= 4 is 27.9 Å². The fraction of sp³-hybridized carbons (Fsp3) is 0.400. The molecule has 0 saturated heterocycles. The van der Waals surface area contributed by atoms with E-state index < -0.39 is 0 Å². The molecule has 1 aromatic rings. The van der Waals surface area contributed by atoms with Gasteiger partial charge in [0.1, 0.15) is 24.0 Å². The van der Waals surface area contributed by atoms with Gasteiger partial charge in [-0.15, -0.1) is 0 Å². The number of rotatable bonds is 6. The van der Waals surface area contributed by atoms with Crippen LogP contribution in [0.25, 0.3) is 6.08 Å². The summed E-state index contributed by atoms with van der Waals surface area (Å²) in [5.41, 5.74) is 0.880. The maximum Gasteiger partial charge on any atom is 0.262 e. The molecule has 1 fully saturated rings. The van der Waals surface area contributed by atoms with Crippen LogP contribution in [-0.2, 0) is 4.79 Å². The van der Waals surface area contributed by atoms with Gasteiger partial charge in [0.2, 0.25) is 0 Å². The molecule has 25 heavy (non-hydrogen) atoms. The Bertz CT molecular complexity index is 706. The lowest BCUT2D eigenvalue weighted by Crippen LogP contribution is -2.41. The third-order valence-corrected chi connectivity index (χ3v) is 5.04. The lowest BCUT2D eigenvalue weighted by molar-refractivity contribution is -0.118. The average molecular weight is 403 g/mol. The lowest BCUT2D eigenvalue weighted by atomic mass is 9.86. The van der Waals surface area contributed by atoms with E-state index in [1.807, 2.05) is 18.2 Å². The SMILES string of the molecule is C=CCOc1ccc(/C=C(\C#N)C(=O)N[C@@H]2CCCC[C@H]2C)cc1Br. The number of nitriles is 1. The van der Waals surface area contributed by atoms with Crippen molar-refractivity contribution in [2.24, 2.45) is 5.92 Å². The second kappa shape index (κ2) is 9.43. The first-order chi connectivity index (χ1) is 12.0. The first-order valence-electron chi connectivity index (χ1n) is 8.51. The number of hydrogen-bond acceptors (Lipinski definition) is 3. The summed E-state index contributed by atoms with van der Waals surface area (Å²) in [6, 6.07) is 7.61. The minimum absolute atomic E-state index is 0.115. The monoisotopic (exact) mass is 402 g/mol. The third-order valence-electron chi connectivity index (χ3n) is 4.42. The van der Waals surface area contributed by atoms with Crippen molar-refractivity contribution in [2.75, 3.05) is 6.61 Å². The Morgan fingerprint density at radius 3 is 2.88 bits per heavy atom. The van der Waals surface area contributed by atoms with Crippen molar-refractivity contribution in [2.45, 2.75) is 38.6 Å². The summed E-state index contributed by atoms with van der Waals surface area (Å²) in [6.07, 6.45) is 7.71. The highest BCUT2D eigenvalue weighted by Crippen LogP contribution is 2.27. The van der Waals surface area contributed by atoms with Crippen molar-refractivity contribution in [3.05, 3.63) is 46.5 Å². The molecule has 0 aromatic heterocycles. The van der Waals surface area contributed by atoms with Crippen LogP contribution in [0.2, 0.25) is 0 Å². The van der Waals surface area contributed by atoms with Crippen LogP contribution in [0.4, 0.5) is 0 Å². The number of ether oxygens (including phenoxy) is 1. The molecule has 0 spiro atoms. The largest absolute Gasteiger partial charge is 0.488 e. The smallest absolute Gasteiger partial charge is 0.262 e. The summed E-state index contributed by atoms with van der Waals surface area (Å²) < 4.78 is 6.27. The fourth-order valence-electron chi connectivity index (χ4n) is 2.96. The molecule has 0 heterocycles. The van der Waals surface area contributed by atoms with Crippen molar-refractivity contribution in [1.82, 2.24) is 5.32 Å². The molecule has 1 N–H and O–H groups in total. The van der Waals surface area contributed by atoms with E-state index in [0.29, 0.717) is 18.3 Å². The normalized spacial score (nSPS) is 20.4. The van der Waals surface area contributed by atoms with Crippen LogP contribution in [-0.4, -0.2) is 18.6 Å². The summed E-state index contributed by atoms with van der Waals surface area (Å²) in [6.45, 7) is 6.18. The van der Waals surface area contributed by atoms with E-state index in [0.717, 1.165) is 29.3 Å². The van der Waals surface area contributed by atoms with Gasteiger partial charge < -0.3 is 10.1 Å². The van der Waals surface area contributed by atoms with Gasteiger partial charge in [-0.25, -0.2) is 0 Å². The van der Waals surface area contributed by atoms with Gasteiger partial charge in [0.25, 0.3) is 5.91 Å². The van der Waals surface area contributed by atoms with Gasteiger partial charge in [0.15, 0.2) is 0 Å². The Morgan fingerprint density at radius 1 is 1.48 bits per heavy atom. The Hall–Kier alpha value is -2.06. The Labute approximate surface area is 157 Å². The molecule has 132 valence electrons. The standard InChI is InChI=1S/C20H23BrN2O2/c1-3-10-25-19-9-8-15(12-17(19)21)11-16(13-22)20(24)23-18-7-5-4-6-14(18)2/h3,8-9,11-12,14,18H,1,4-7,10H2,2H3,(H,23,24)/b16-11+/t14-,18-/m1/s1. The molecule has 2 atom stereocenters. The Balaban J connectivity index is 2.10. The highest BCUT2D eigenvalue weighted by molar-refractivity contribution is 9.10. The number of halogens is 1. The first kappa shape index (κ1) is 19.3. The molecule has 1 amide bonds. The zero-order chi connectivity index (χ0) is 18.2. The van der Waals surface area contributed by atoms with Crippen molar-refractivity contribution in [1.29, 1.82) is 5.26 Å². The van der Waals surface area contributed by atoms with E-state index in [1.54, 1.807) is 18.2 Å². The maximum absolute atomic E-state index is 12.4. The average Bonchev–Trinajstić information content (AvgIpc) is 2.60. The first-order valence-corrected chi connectivity index (χ1v) is 9.30. The zero-order valence-electron chi connectivity index (χ0n) is 14.4. The Kier molecular flexibility index (Phi) is 7.27. The molecule has 5 heteroatoms. The van der Waals surface area contributed by atoms with Gasteiger partial charge in [-0.05, 0) is 58.5 Å². The molecular weight excluding hydrogens is 380 g/mol. The van der Waals surface area contributed by atoms with Crippen LogP contribution in [0.5, 0.6) is 5.75 Å². The molecule has 1 aliphatic carbocycles. The number of benzene rings is 1. The van der Waals surface area contributed by atoms with E-state index >= 15 is 0 Å². The molecule has 1 aromatic carbocycles. The van der Waals surface area contributed by atoms with Crippen LogP contribution >= 0.6 is 15.9 Å². The van der Waals surface area contributed by atoms with Crippen LogP contribution in [0.1, 0.15) is 38.2 Å². The lowest BCUT2D eigenvalue weighted by Gasteiger charge is -2.29. The number of amides is 1. The van der Waals surface area contributed by atoms with Gasteiger partial charge in [0, 0.05) is 6.04 Å². The second-order valence-corrected chi connectivity index (χ2v) is 7.16. The van der Waals surface area contributed by atoms with Crippen LogP contribution in [0.3, 0.4) is 0 Å². The highest BCUT2D eigenvalue weighted by atomic mass is 79.9. The third kappa shape index (κ3) is 5.47. The van der Waals surface area contributed by atoms with Gasteiger partial charge in [-0.1, -0.05) is 38.5 Å². The molecule has 1 saturated carbocycles. The summed E-state index contributed by atoms with van der Waals surface area (Å²) in [5, 5.41) is 12.4. The van der Waals surface area contributed by atoms with Crippen LogP contribution in [0, 0.1) is 17.2 Å². The predicted octanol–water partition coefficient (Wildman–Crippen LogP) is 4.62. The van der Waals surface area contributed by atoms with E-state index in [-0.39, 0.29) is 17.5 Å². The van der Waals surface area contributed by atoms with E-state index in [9.17, 15) is 10.1 Å². The number of carbonyl (C=O) groups excluding carboxylic acids is 1. The van der Waals surface area contributed by atoms with Crippen LogP contribution < -0.4 is 10.1 Å². The molecule has 2 rings (SSSR count). The number of nitrogens with zero attached hydrogens (tertiary/aromatic N) is 1. The number of hydrogen-bond donors (Lipinski definition) is 1. The van der Waals surface area contributed by atoms with E-state index in [4.69, 9.17) is 4.74 Å². The Morgan fingerprint density at radius 2 is 2.24 bits per heavy atom.